The van der Waals surface area contributed by atoms with Crippen molar-refractivity contribution in [3.05, 3.63) is 45.5 Å². The van der Waals surface area contributed by atoms with Crippen molar-refractivity contribution < 1.29 is 19.7 Å². The van der Waals surface area contributed by atoms with Crippen LogP contribution in [0, 0.1) is 21.4 Å². The molecule has 2 aliphatic heterocycles. The molecule has 1 saturated carbocycles. The van der Waals surface area contributed by atoms with Crippen molar-refractivity contribution in [2.75, 3.05) is 13.1 Å². The van der Waals surface area contributed by atoms with Crippen molar-refractivity contribution >= 4 is 23.0 Å². The van der Waals surface area contributed by atoms with Crippen LogP contribution < -0.4 is 16.1 Å². The van der Waals surface area contributed by atoms with Crippen LogP contribution in [0.25, 0.3) is 5.57 Å². The summed E-state index contributed by atoms with van der Waals surface area (Å²) in [4.78, 5) is 36.1. The van der Waals surface area contributed by atoms with Gasteiger partial charge in [-0.25, -0.2) is 5.48 Å². The molecule has 30 heavy (non-hydrogen) atoms. The van der Waals surface area contributed by atoms with E-state index in [0.29, 0.717) is 25.9 Å². The van der Waals surface area contributed by atoms with E-state index >= 15 is 0 Å². The molecule has 9 heteroatoms. The molecule has 9 nitrogen and oxygen atoms in total. The number of nitrogens with one attached hydrogen (secondary N) is 3. The third kappa shape index (κ3) is 3.88. The zero-order valence-corrected chi connectivity index (χ0v) is 16.8. The van der Waals surface area contributed by atoms with E-state index in [1.807, 2.05) is 6.92 Å². The van der Waals surface area contributed by atoms with E-state index in [9.17, 15) is 19.7 Å². The van der Waals surface area contributed by atoms with Crippen LogP contribution in [0.5, 0.6) is 0 Å². The van der Waals surface area contributed by atoms with E-state index in [4.69, 9.17) is 5.21 Å². The molecule has 4 rings (SSSR count). The number of carbonyl (C=O) groups excluding carboxylic acids is 2. The molecule has 4 N–H and O–H groups in total. The zero-order chi connectivity index (χ0) is 21.5. The first-order valence-electron chi connectivity index (χ1n) is 10.2. The van der Waals surface area contributed by atoms with Gasteiger partial charge < -0.3 is 10.6 Å². The summed E-state index contributed by atoms with van der Waals surface area (Å²) >= 11 is 0. The van der Waals surface area contributed by atoms with Gasteiger partial charge in [-0.3, -0.25) is 24.9 Å². The summed E-state index contributed by atoms with van der Waals surface area (Å²) in [5.74, 6) is -1.22. The van der Waals surface area contributed by atoms with Gasteiger partial charge in [0, 0.05) is 25.2 Å². The number of amides is 1. The average Bonchev–Trinajstić information content (AvgIpc) is 3.51. The van der Waals surface area contributed by atoms with Crippen molar-refractivity contribution in [2.45, 2.75) is 44.7 Å². The Balaban J connectivity index is 1.52. The number of nitrogens with zero attached hydrogens (tertiary/aromatic N) is 1. The number of hydrogen-bond acceptors (Lipinski definition) is 7. The maximum absolute atomic E-state index is 13.3. The van der Waals surface area contributed by atoms with Gasteiger partial charge in [0.2, 0.25) is 5.91 Å². The molecule has 1 aromatic rings. The van der Waals surface area contributed by atoms with Crippen molar-refractivity contribution in [1.29, 1.82) is 0 Å². The Morgan fingerprint density at radius 1 is 1.23 bits per heavy atom. The Bertz CT molecular complexity index is 906. The second-order valence-corrected chi connectivity index (χ2v) is 8.75. The van der Waals surface area contributed by atoms with Gasteiger partial charge in [0.25, 0.3) is 5.69 Å². The molecule has 3 unspecified atom stereocenters. The van der Waals surface area contributed by atoms with Crippen LogP contribution >= 0.6 is 0 Å². The summed E-state index contributed by atoms with van der Waals surface area (Å²) in [7, 11) is 0. The molecule has 1 amide bonds. The molecular formula is C21H26N4O5. The van der Waals surface area contributed by atoms with Gasteiger partial charge in [-0.1, -0.05) is 5.57 Å². The number of ketones is 1. The Kier molecular flexibility index (Phi) is 5.44. The Hall–Kier alpha value is -2.62. The normalized spacial score (nSPS) is 27.6. The number of nitro benzene ring substituents is 1. The van der Waals surface area contributed by atoms with Crippen molar-refractivity contribution in [3.8, 4) is 0 Å². The van der Waals surface area contributed by atoms with Crippen molar-refractivity contribution in [1.82, 2.24) is 16.1 Å². The van der Waals surface area contributed by atoms with Crippen LogP contribution in [-0.4, -0.2) is 47.0 Å². The number of Topliss-reactive ketones (excluding diaryl/α,β-unsaturated/α-hetero) is 1. The summed E-state index contributed by atoms with van der Waals surface area (Å²) < 4.78 is 0. The lowest BCUT2D eigenvalue weighted by Gasteiger charge is -2.38. The van der Waals surface area contributed by atoms with Gasteiger partial charge in [-0.2, -0.15) is 0 Å². The minimum atomic E-state index is -0.655. The van der Waals surface area contributed by atoms with Gasteiger partial charge in [0.15, 0.2) is 5.78 Å². The summed E-state index contributed by atoms with van der Waals surface area (Å²) in [6.45, 7) is 3.20. The summed E-state index contributed by atoms with van der Waals surface area (Å²) in [5, 5.41) is 26.6. The lowest BCUT2D eigenvalue weighted by molar-refractivity contribution is -0.384. The predicted molar refractivity (Wildman–Crippen MR) is 109 cm³/mol. The third-order valence-corrected chi connectivity index (χ3v) is 6.77. The highest BCUT2D eigenvalue weighted by Crippen LogP contribution is 2.52. The zero-order valence-electron chi connectivity index (χ0n) is 16.8. The van der Waals surface area contributed by atoms with Gasteiger partial charge >= 0.3 is 0 Å². The van der Waals surface area contributed by atoms with Crippen LogP contribution in [0.3, 0.4) is 0 Å². The molecule has 1 aromatic carbocycles. The Morgan fingerprint density at radius 2 is 1.93 bits per heavy atom. The molecule has 3 aliphatic rings. The molecular weight excluding hydrogens is 388 g/mol. The minimum Gasteiger partial charge on any atom is -0.306 e. The molecule has 2 fully saturated rings. The highest BCUT2D eigenvalue weighted by molar-refractivity contribution is 5.96. The molecule has 1 saturated heterocycles. The number of hydroxylamine groups is 1. The molecule has 1 aliphatic carbocycles. The number of carbonyl (C=O) groups is 2. The highest BCUT2D eigenvalue weighted by Gasteiger charge is 2.52. The van der Waals surface area contributed by atoms with Crippen LogP contribution in [-0.2, 0) is 9.59 Å². The SMILES string of the molecule is CC1=C(c2ccc([N+](=O)[O-])cc2)CC(C(=O)C2NCC3(CC3)CC2C(=O)NO)NC1. The Morgan fingerprint density at radius 3 is 2.53 bits per heavy atom. The van der Waals surface area contributed by atoms with Gasteiger partial charge in [-0.05, 0) is 61.3 Å². The van der Waals surface area contributed by atoms with Gasteiger partial charge in [0.05, 0.1) is 22.9 Å². The summed E-state index contributed by atoms with van der Waals surface area (Å²) in [6, 6.07) is 5.22. The smallest absolute Gasteiger partial charge is 0.269 e. The number of hydrogen-bond donors (Lipinski definition) is 4. The predicted octanol–water partition coefficient (Wildman–Crippen LogP) is 1.56. The lowest BCUT2D eigenvalue weighted by atomic mass is 9.77. The fourth-order valence-corrected chi connectivity index (χ4v) is 4.71. The van der Waals surface area contributed by atoms with Gasteiger partial charge in [-0.15, -0.1) is 0 Å². The minimum absolute atomic E-state index is 0.0248. The quantitative estimate of drug-likeness (QED) is 0.326. The summed E-state index contributed by atoms with van der Waals surface area (Å²) in [6.07, 6.45) is 3.10. The molecule has 160 valence electrons. The number of piperidine rings is 1. The molecule has 0 bridgehead atoms. The number of rotatable bonds is 5. The van der Waals surface area contributed by atoms with E-state index in [2.05, 4.69) is 10.6 Å². The monoisotopic (exact) mass is 414 g/mol. The third-order valence-electron chi connectivity index (χ3n) is 6.77. The van der Waals surface area contributed by atoms with E-state index in [1.54, 1.807) is 17.6 Å². The summed E-state index contributed by atoms with van der Waals surface area (Å²) in [5.41, 5.74) is 4.75. The van der Waals surface area contributed by atoms with E-state index in [0.717, 1.165) is 29.6 Å². The average molecular weight is 414 g/mol. The fourth-order valence-electron chi connectivity index (χ4n) is 4.71. The van der Waals surface area contributed by atoms with E-state index in [-0.39, 0.29) is 16.9 Å². The standard InChI is InChI=1S/C21H26N4O5/c1-12-10-22-17(8-15(12)13-2-4-14(5-3-13)25(29)30)19(26)18-16(20(27)24-28)9-21(6-7-21)11-23-18/h2-5,16-18,22-23,28H,6-11H2,1H3,(H,24,27). The molecule has 0 radical (unpaired) electrons. The molecule has 2 heterocycles. The van der Waals surface area contributed by atoms with Gasteiger partial charge in [0.1, 0.15) is 0 Å². The van der Waals surface area contributed by atoms with Crippen LogP contribution in [0.15, 0.2) is 29.8 Å². The highest BCUT2D eigenvalue weighted by atomic mass is 16.6. The second kappa shape index (κ2) is 7.90. The first-order valence-corrected chi connectivity index (χ1v) is 10.2. The van der Waals surface area contributed by atoms with Crippen LogP contribution in [0.1, 0.15) is 38.2 Å². The first-order chi connectivity index (χ1) is 14.3. The Labute approximate surface area is 174 Å². The number of benzene rings is 1. The molecule has 1 spiro atoms. The van der Waals surface area contributed by atoms with Crippen LogP contribution in [0.4, 0.5) is 5.69 Å². The van der Waals surface area contributed by atoms with Crippen LogP contribution in [0.2, 0.25) is 0 Å². The van der Waals surface area contributed by atoms with Crippen molar-refractivity contribution in [2.24, 2.45) is 11.3 Å². The van der Waals surface area contributed by atoms with Crippen molar-refractivity contribution in [3.63, 3.8) is 0 Å². The number of non-ortho nitro benzene ring substituents is 1. The molecule has 3 atom stereocenters. The number of nitro groups is 1. The van der Waals surface area contributed by atoms with E-state index in [1.165, 1.54) is 12.1 Å². The topological polar surface area (TPSA) is 134 Å². The maximum atomic E-state index is 13.3. The fraction of sp³-hybridized carbons (Fsp3) is 0.524. The second-order valence-electron chi connectivity index (χ2n) is 8.75. The molecule has 0 aromatic heterocycles. The van der Waals surface area contributed by atoms with E-state index < -0.39 is 28.8 Å². The first kappa shape index (κ1) is 20.6. The largest absolute Gasteiger partial charge is 0.306 e. The lowest BCUT2D eigenvalue weighted by Crippen LogP contribution is -2.59. The maximum Gasteiger partial charge on any atom is 0.269 e.